The summed E-state index contributed by atoms with van der Waals surface area (Å²) in [5.74, 6) is 0. The van der Waals surface area contributed by atoms with E-state index in [0.29, 0.717) is 15.4 Å². The highest BCUT2D eigenvalue weighted by Crippen LogP contribution is 2.36. The number of nitrogens with zero attached hydrogens (tertiary/aromatic N) is 1. The minimum absolute atomic E-state index is 0.238. The summed E-state index contributed by atoms with van der Waals surface area (Å²) < 4.78 is 27.9. The number of rotatable bonds is 4. The van der Waals surface area contributed by atoms with Crippen LogP contribution < -0.4 is 0 Å². The normalized spacial score (nSPS) is 12.3. The molecule has 0 bridgehead atoms. The quantitative estimate of drug-likeness (QED) is 0.650. The summed E-state index contributed by atoms with van der Waals surface area (Å²) in [5.41, 5.74) is 0. The van der Waals surface area contributed by atoms with Crippen LogP contribution in [0.4, 0.5) is 0 Å². The van der Waals surface area contributed by atoms with Gasteiger partial charge in [0.25, 0.3) is 10.0 Å². The van der Waals surface area contributed by atoms with Gasteiger partial charge in [-0.15, -0.1) is 22.7 Å². The van der Waals surface area contributed by atoms with Gasteiger partial charge in [0.1, 0.15) is 4.21 Å². The van der Waals surface area contributed by atoms with E-state index in [1.165, 1.54) is 21.7 Å². The number of sulfonamides is 1. The zero-order chi connectivity index (χ0) is 14.2. The van der Waals surface area contributed by atoms with Crippen molar-refractivity contribution < 1.29 is 8.42 Å². The van der Waals surface area contributed by atoms with Crippen molar-refractivity contribution in [2.24, 2.45) is 0 Å². The maximum atomic E-state index is 12.4. The van der Waals surface area contributed by atoms with E-state index in [1.54, 1.807) is 7.05 Å². The Balaban J connectivity index is 2.24. The molecule has 0 spiro atoms. The van der Waals surface area contributed by atoms with Gasteiger partial charge in [-0.05, 0) is 44.0 Å². The van der Waals surface area contributed by atoms with Gasteiger partial charge < -0.3 is 0 Å². The molecule has 0 unspecified atom stereocenters. The Morgan fingerprint density at radius 2 is 2.05 bits per heavy atom. The van der Waals surface area contributed by atoms with Crippen LogP contribution in [0.5, 0.6) is 0 Å². The molecule has 0 aliphatic heterocycles. The van der Waals surface area contributed by atoms with Crippen molar-refractivity contribution in [3.63, 3.8) is 0 Å². The number of thiophene rings is 2. The third-order valence-electron chi connectivity index (χ3n) is 2.29. The fraction of sp³-hybridized carbons (Fsp3) is 0.200. The molecule has 9 heteroatoms. The summed E-state index contributed by atoms with van der Waals surface area (Å²) >= 11 is 15.1. The molecule has 0 aliphatic carbocycles. The molecule has 0 fully saturated rings. The molecule has 2 aromatic rings. The lowest BCUT2D eigenvalue weighted by Crippen LogP contribution is -2.25. The summed E-state index contributed by atoms with van der Waals surface area (Å²) in [7, 11) is -1.94. The van der Waals surface area contributed by atoms with E-state index in [0.717, 1.165) is 20.7 Å². The Kier molecular flexibility index (Phi) is 5.14. The van der Waals surface area contributed by atoms with Gasteiger partial charge in [-0.25, -0.2) is 8.42 Å². The van der Waals surface area contributed by atoms with Crippen molar-refractivity contribution in [1.29, 1.82) is 0 Å². The minimum atomic E-state index is -3.50. The molecule has 0 saturated carbocycles. The SMILES string of the molecule is CN(Cc1cc(Br)cs1)S(=O)(=O)c1cc(Cl)c(Br)s1. The van der Waals surface area contributed by atoms with E-state index in [9.17, 15) is 8.42 Å². The molecule has 0 N–H and O–H groups in total. The zero-order valence-electron chi connectivity index (χ0n) is 9.56. The third-order valence-corrected chi connectivity index (χ3v) is 8.70. The molecule has 0 aromatic carbocycles. The minimum Gasteiger partial charge on any atom is -0.206 e. The van der Waals surface area contributed by atoms with E-state index in [-0.39, 0.29) is 4.21 Å². The second kappa shape index (κ2) is 6.13. The smallest absolute Gasteiger partial charge is 0.206 e. The van der Waals surface area contributed by atoms with Crippen molar-refractivity contribution in [2.45, 2.75) is 10.8 Å². The monoisotopic (exact) mass is 463 g/mol. The maximum Gasteiger partial charge on any atom is 0.252 e. The highest BCUT2D eigenvalue weighted by atomic mass is 79.9. The molecule has 2 aromatic heterocycles. The van der Waals surface area contributed by atoms with Crippen LogP contribution in [0.25, 0.3) is 0 Å². The molecule has 2 heterocycles. The molecule has 104 valence electrons. The number of halogens is 3. The fourth-order valence-electron chi connectivity index (χ4n) is 1.35. The fourth-order valence-corrected chi connectivity index (χ4v) is 6.69. The van der Waals surface area contributed by atoms with Crippen LogP contribution in [0.3, 0.4) is 0 Å². The molecule has 0 atom stereocenters. The summed E-state index contributed by atoms with van der Waals surface area (Å²) in [6.45, 7) is 0.339. The first kappa shape index (κ1) is 15.9. The largest absolute Gasteiger partial charge is 0.252 e. The molecule has 0 radical (unpaired) electrons. The Bertz CT molecular complexity index is 676. The predicted octanol–water partition coefficient (Wildman–Crippen LogP) is 4.81. The van der Waals surface area contributed by atoms with E-state index < -0.39 is 10.0 Å². The van der Waals surface area contributed by atoms with Gasteiger partial charge in [0.15, 0.2) is 0 Å². The molecular formula is C10H8Br2ClNO2S3. The first-order valence-corrected chi connectivity index (χ1v) is 10.0. The Morgan fingerprint density at radius 1 is 1.37 bits per heavy atom. The van der Waals surface area contributed by atoms with Crippen LogP contribution in [0, 0.1) is 0 Å². The Hall–Kier alpha value is 0.560. The van der Waals surface area contributed by atoms with E-state index in [4.69, 9.17) is 11.6 Å². The third kappa shape index (κ3) is 3.61. The van der Waals surface area contributed by atoms with E-state index in [1.807, 2.05) is 11.4 Å². The van der Waals surface area contributed by atoms with Gasteiger partial charge in [-0.1, -0.05) is 11.6 Å². The van der Waals surface area contributed by atoms with Crippen LogP contribution in [0.1, 0.15) is 4.88 Å². The molecule has 3 nitrogen and oxygen atoms in total. The first-order chi connectivity index (χ1) is 8.80. The van der Waals surface area contributed by atoms with Crippen LogP contribution >= 0.6 is 66.1 Å². The van der Waals surface area contributed by atoms with E-state index >= 15 is 0 Å². The standard InChI is InChI=1S/C10H8Br2ClNO2S3/c1-14(4-7-2-6(11)5-17-7)19(15,16)9-3-8(13)10(12)18-9/h2-3,5H,4H2,1H3. The van der Waals surface area contributed by atoms with Crippen molar-refractivity contribution >= 4 is 76.2 Å². The molecule has 19 heavy (non-hydrogen) atoms. The van der Waals surface area contributed by atoms with Gasteiger partial charge in [0.05, 0.1) is 8.81 Å². The zero-order valence-corrected chi connectivity index (χ0v) is 15.9. The molecule has 0 aliphatic rings. The summed E-state index contributed by atoms with van der Waals surface area (Å²) in [6, 6.07) is 3.38. The van der Waals surface area contributed by atoms with Gasteiger partial charge in [0, 0.05) is 28.3 Å². The highest BCUT2D eigenvalue weighted by molar-refractivity contribution is 9.11. The average Bonchev–Trinajstić information content (AvgIpc) is 2.87. The molecule has 0 amide bonds. The number of hydrogen-bond acceptors (Lipinski definition) is 4. The second-order valence-corrected chi connectivity index (χ2v) is 10.6. The molecule has 0 saturated heterocycles. The van der Waals surface area contributed by atoms with Gasteiger partial charge >= 0.3 is 0 Å². The van der Waals surface area contributed by atoms with Crippen LogP contribution in [-0.4, -0.2) is 19.8 Å². The Labute approximate surface area is 141 Å². The molecule has 2 rings (SSSR count). The summed E-state index contributed by atoms with van der Waals surface area (Å²) in [5, 5.41) is 2.34. The van der Waals surface area contributed by atoms with Crippen LogP contribution in [0.15, 0.2) is 30.0 Å². The maximum absolute atomic E-state index is 12.4. The molecular weight excluding hydrogens is 458 g/mol. The van der Waals surface area contributed by atoms with Crippen molar-refractivity contribution in [3.05, 3.63) is 35.7 Å². The average molecular weight is 466 g/mol. The lowest BCUT2D eigenvalue weighted by molar-refractivity contribution is 0.471. The van der Waals surface area contributed by atoms with Crippen LogP contribution in [0.2, 0.25) is 5.02 Å². The topological polar surface area (TPSA) is 37.4 Å². The van der Waals surface area contributed by atoms with E-state index in [2.05, 4.69) is 31.9 Å². The predicted molar refractivity (Wildman–Crippen MR) is 87.7 cm³/mol. The van der Waals surface area contributed by atoms with Crippen molar-refractivity contribution in [2.75, 3.05) is 7.05 Å². The summed E-state index contributed by atoms with van der Waals surface area (Å²) in [6.07, 6.45) is 0. The lowest BCUT2D eigenvalue weighted by Gasteiger charge is -2.14. The first-order valence-electron chi connectivity index (χ1n) is 4.95. The number of hydrogen-bond donors (Lipinski definition) is 0. The van der Waals surface area contributed by atoms with Gasteiger partial charge in [0.2, 0.25) is 0 Å². The van der Waals surface area contributed by atoms with Gasteiger partial charge in [-0.2, -0.15) is 4.31 Å². The Morgan fingerprint density at radius 3 is 2.53 bits per heavy atom. The van der Waals surface area contributed by atoms with Crippen molar-refractivity contribution in [3.8, 4) is 0 Å². The summed E-state index contributed by atoms with van der Waals surface area (Å²) in [4.78, 5) is 0.972. The van der Waals surface area contributed by atoms with Gasteiger partial charge in [-0.3, -0.25) is 0 Å². The highest BCUT2D eigenvalue weighted by Gasteiger charge is 2.24. The van der Waals surface area contributed by atoms with Crippen molar-refractivity contribution in [1.82, 2.24) is 4.31 Å². The van der Waals surface area contributed by atoms with Crippen LogP contribution in [-0.2, 0) is 16.6 Å². The second-order valence-electron chi connectivity index (χ2n) is 3.68. The lowest BCUT2D eigenvalue weighted by atomic mass is 10.5.